The predicted molar refractivity (Wildman–Crippen MR) is 112 cm³/mol. The molecular weight excluding hydrogens is 384 g/mol. The number of nitrogens with one attached hydrogen (secondary N) is 1. The van der Waals surface area contributed by atoms with Gasteiger partial charge in [-0.25, -0.2) is 4.98 Å². The maximum Gasteiger partial charge on any atom is 0.307 e. The lowest BCUT2D eigenvalue weighted by Crippen LogP contribution is -2.26. The zero-order valence-corrected chi connectivity index (χ0v) is 16.8. The number of hydrogen-bond donors (Lipinski definition) is 2. The lowest BCUT2D eigenvalue weighted by molar-refractivity contribution is -0.140. The fourth-order valence-corrected chi connectivity index (χ4v) is 3.79. The third kappa shape index (κ3) is 3.52. The summed E-state index contributed by atoms with van der Waals surface area (Å²) in [6.45, 7) is 0.214. The number of fused-ring (bicyclic) bond motifs is 2. The van der Waals surface area contributed by atoms with Gasteiger partial charge in [0.05, 0.1) is 30.3 Å². The first-order valence-corrected chi connectivity index (χ1v) is 9.68. The number of amides is 1. The van der Waals surface area contributed by atoms with Crippen molar-refractivity contribution in [1.82, 2.24) is 14.9 Å². The molecule has 0 saturated carbocycles. The average molecular weight is 406 g/mol. The van der Waals surface area contributed by atoms with Gasteiger partial charge in [-0.15, -0.1) is 0 Å². The van der Waals surface area contributed by atoms with E-state index in [1.54, 1.807) is 12.1 Å². The molecule has 0 radical (unpaired) electrons. The molecule has 1 amide bonds. The van der Waals surface area contributed by atoms with Gasteiger partial charge in [0.2, 0.25) is 0 Å². The monoisotopic (exact) mass is 406 g/mol. The van der Waals surface area contributed by atoms with Gasteiger partial charge in [0, 0.05) is 30.3 Å². The Morgan fingerprint density at radius 2 is 2.07 bits per heavy atom. The third-order valence-corrected chi connectivity index (χ3v) is 5.41. The highest BCUT2D eigenvalue weighted by atomic mass is 16.5. The molecular formula is C22H22N4O4. The van der Waals surface area contributed by atoms with Crippen LogP contribution < -0.4 is 5.32 Å². The molecule has 1 aromatic heterocycles. The number of aromatic nitrogens is 2. The van der Waals surface area contributed by atoms with Crippen LogP contribution in [0.3, 0.4) is 0 Å². The van der Waals surface area contributed by atoms with Crippen LogP contribution in [0.1, 0.15) is 34.3 Å². The fourth-order valence-electron chi connectivity index (χ4n) is 3.79. The second kappa shape index (κ2) is 7.98. The first-order valence-electron chi connectivity index (χ1n) is 9.68. The molecule has 154 valence electrons. The highest BCUT2D eigenvalue weighted by Gasteiger charge is 2.20. The van der Waals surface area contributed by atoms with E-state index in [1.807, 2.05) is 29.8 Å². The minimum absolute atomic E-state index is 0.124. The minimum atomic E-state index is -0.369. The number of imidazole rings is 1. The predicted octanol–water partition coefficient (Wildman–Crippen LogP) is 2.66. The summed E-state index contributed by atoms with van der Waals surface area (Å²) in [5, 5.41) is 15.2. The molecule has 4 rings (SSSR count). The van der Waals surface area contributed by atoms with Crippen LogP contribution in [0.2, 0.25) is 0 Å². The van der Waals surface area contributed by atoms with Crippen molar-refractivity contribution in [3.8, 4) is 11.4 Å². The van der Waals surface area contributed by atoms with Gasteiger partial charge >= 0.3 is 5.97 Å². The Morgan fingerprint density at radius 1 is 1.23 bits per heavy atom. The van der Waals surface area contributed by atoms with Crippen LogP contribution in [0.15, 0.2) is 41.6 Å². The Balaban J connectivity index is 1.60. The summed E-state index contributed by atoms with van der Waals surface area (Å²) in [5.41, 5.74) is 5.90. The molecule has 1 aliphatic carbocycles. The fraction of sp³-hybridized carbons (Fsp3) is 0.273. The Hall–Kier alpha value is -3.68. The summed E-state index contributed by atoms with van der Waals surface area (Å²) in [5.74, 6) is 0.165. The Bertz CT molecular complexity index is 1180. The topological polar surface area (TPSA) is 106 Å². The normalized spacial score (nSPS) is 14.1. The molecule has 0 unspecified atom stereocenters. The van der Waals surface area contributed by atoms with E-state index >= 15 is 0 Å². The second-order valence-electron chi connectivity index (χ2n) is 7.20. The second-order valence-corrected chi connectivity index (χ2v) is 7.20. The van der Waals surface area contributed by atoms with Crippen LogP contribution in [0.25, 0.3) is 22.4 Å². The number of nitrogens with zero attached hydrogens (tertiary/aromatic N) is 3. The van der Waals surface area contributed by atoms with Crippen molar-refractivity contribution in [3.63, 3.8) is 0 Å². The maximum atomic E-state index is 12.4. The first-order chi connectivity index (χ1) is 14.5. The number of carbonyl (C=O) groups is 2. The minimum Gasteiger partial charge on any atom is -0.469 e. The molecule has 0 atom stereocenters. The van der Waals surface area contributed by atoms with Crippen molar-refractivity contribution < 1.29 is 19.5 Å². The van der Waals surface area contributed by atoms with E-state index in [0.29, 0.717) is 16.8 Å². The van der Waals surface area contributed by atoms with Gasteiger partial charge < -0.3 is 19.8 Å². The van der Waals surface area contributed by atoms with Gasteiger partial charge in [-0.1, -0.05) is 17.3 Å². The van der Waals surface area contributed by atoms with Crippen molar-refractivity contribution in [2.45, 2.75) is 19.3 Å². The number of esters is 1. The average Bonchev–Trinajstić information content (AvgIpc) is 3.33. The number of methoxy groups -OCH3 is 1. The summed E-state index contributed by atoms with van der Waals surface area (Å²) in [4.78, 5) is 28.3. The number of aryl methyl sites for hydroxylation is 2. The van der Waals surface area contributed by atoms with E-state index in [9.17, 15) is 9.59 Å². The van der Waals surface area contributed by atoms with Gasteiger partial charge in [-0.3, -0.25) is 9.59 Å². The van der Waals surface area contributed by atoms with Crippen LogP contribution in [-0.4, -0.2) is 46.0 Å². The standard InChI is InChI=1S/C22H22N4O4/c1-26-19-8-5-15(22(28)23-10-9-20(27)30-2)12-18(19)24-21(26)14-3-6-16-13(11-14)4-7-17(16)25-29/h3,5-6,8,11-12,29H,4,7,9-10H2,1-2H3,(H,23,28). The van der Waals surface area contributed by atoms with Crippen molar-refractivity contribution in [2.24, 2.45) is 12.2 Å². The van der Waals surface area contributed by atoms with E-state index in [0.717, 1.165) is 40.9 Å². The lowest BCUT2D eigenvalue weighted by atomic mass is 10.1. The molecule has 0 spiro atoms. The molecule has 0 aliphatic heterocycles. The van der Waals surface area contributed by atoms with Crippen LogP contribution in [0.5, 0.6) is 0 Å². The molecule has 2 N–H and O–H groups in total. The summed E-state index contributed by atoms with van der Waals surface area (Å²) < 4.78 is 6.56. The van der Waals surface area contributed by atoms with Crippen LogP contribution >= 0.6 is 0 Å². The largest absolute Gasteiger partial charge is 0.469 e. The third-order valence-electron chi connectivity index (χ3n) is 5.41. The maximum absolute atomic E-state index is 12.4. The molecule has 30 heavy (non-hydrogen) atoms. The number of rotatable bonds is 5. The molecule has 0 saturated heterocycles. The van der Waals surface area contributed by atoms with E-state index in [1.165, 1.54) is 7.11 Å². The van der Waals surface area contributed by atoms with Crippen molar-refractivity contribution >= 4 is 28.6 Å². The smallest absolute Gasteiger partial charge is 0.307 e. The van der Waals surface area contributed by atoms with E-state index in [-0.39, 0.29) is 24.8 Å². The molecule has 1 aliphatic rings. The summed E-state index contributed by atoms with van der Waals surface area (Å²) >= 11 is 0. The van der Waals surface area contributed by atoms with Crippen LogP contribution in [0, 0.1) is 0 Å². The van der Waals surface area contributed by atoms with Crippen LogP contribution in [-0.2, 0) is 23.0 Å². The van der Waals surface area contributed by atoms with Gasteiger partial charge in [0.1, 0.15) is 5.82 Å². The molecule has 3 aromatic rings. The first kappa shape index (κ1) is 19.6. The van der Waals surface area contributed by atoms with Gasteiger partial charge in [0.15, 0.2) is 0 Å². The van der Waals surface area contributed by atoms with Crippen molar-refractivity contribution in [1.29, 1.82) is 0 Å². The molecule has 0 bridgehead atoms. The zero-order valence-electron chi connectivity index (χ0n) is 16.8. The molecule has 0 fully saturated rings. The summed E-state index contributed by atoms with van der Waals surface area (Å²) in [6.07, 6.45) is 1.69. The Kier molecular flexibility index (Phi) is 5.22. The van der Waals surface area contributed by atoms with Gasteiger partial charge in [-0.05, 0) is 42.7 Å². The number of benzene rings is 2. The zero-order chi connectivity index (χ0) is 21.3. The SMILES string of the molecule is COC(=O)CCNC(=O)c1ccc2c(c1)nc(-c1ccc3c(c1)CCC3=NO)n2C. The van der Waals surface area contributed by atoms with E-state index in [4.69, 9.17) is 10.2 Å². The molecule has 1 heterocycles. The molecule has 2 aromatic carbocycles. The van der Waals surface area contributed by atoms with E-state index in [2.05, 4.69) is 21.3 Å². The highest BCUT2D eigenvalue weighted by molar-refractivity contribution is 6.04. The Labute approximate surface area is 173 Å². The van der Waals surface area contributed by atoms with Crippen molar-refractivity contribution in [2.75, 3.05) is 13.7 Å². The quantitative estimate of drug-likeness (QED) is 0.385. The van der Waals surface area contributed by atoms with Gasteiger partial charge in [0.25, 0.3) is 5.91 Å². The molecule has 8 nitrogen and oxygen atoms in total. The summed E-state index contributed by atoms with van der Waals surface area (Å²) in [6, 6.07) is 11.4. The number of carbonyl (C=O) groups excluding carboxylic acids is 2. The summed E-state index contributed by atoms with van der Waals surface area (Å²) in [7, 11) is 3.26. The lowest BCUT2D eigenvalue weighted by Gasteiger charge is -2.06. The van der Waals surface area contributed by atoms with Crippen molar-refractivity contribution in [3.05, 3.63) is 53.1 Å². The number of oxime groups is 1. The van der Waals surface area contributed by atoms with Gasteiger partial charge in [-0.2, -0.15) is 0 Å². The van der Waals surface area contributed by atoms with E-state index < -0.39 is 0 Å². The molecule has 8 heteroatoms. The number of ether oxygens (including phenoxy) is 1. The van der Waals surface area contributed by atoms with Crippen LogP contribution in [0.4, 0.5) is 0 Å². The Morgan fingerprint density at radius 3 is 2.83 bits per heavy atom. The number of hydrogen-bond acceptors (Lipinski definition) is 6. The highest BCUT2D eigenvalue weighted by Crippen LogP contribution is 2.30.